The van der Waals surface area contributed by atoms with Crippen molar-refractivity contribution in [2.75, 3.05) is 6.61 Å². The Bertz CT molecular complexity index is 445. The van der Waals surface area contributed by atoms with Crippen molar-refractivity contribution in [3.8, 4) is 5.75 Å². The molecule has 0 bridgehead atoms. The zero-order valence-corrected chi connectivity index (χ0v) is 9.68. The van der Waals surface area contributed by atoms with E-state index in [0.717, 1.165) is 18.0 Å². The standard InChI is InChI=1S/C13H16N2O/c1-11-3-5-12(6-4-11)16-10-7-13-14-8-9-15(13)2/h3-6,8-9H,7,10H2,1-2H3. The van der Waals surface area contributed by atoms with Crippen LogP contribution in [0.5, 0.6) is 5.75 Å². The van der Waals surface area contributed by atoms with Gasteiger partial charge in [-0.1, -0.05) is 17.7 Å². The van der Waals surface area contributed by atoms with Crippen LogP contribution in [0.3, 0.4) is 0 Å². The molecule has 1 heterocycles. The minimum absolute atomic E-state index is 0.661. The van der Waals surface area contributed by atoms with Gasteiger partial charge in [0.2, 0.25) is 0 Å². The summed E-state index contributed by atoms with van der Waals surface area (Å²) in [6, 6.07) is 8.09. The molecule has 1 aromatic carbocycles. The van der Waals surface area contributed by atoms with Crippen LogP contribution in [-0.2, 0) is 13.5 Å². The highest BCUT2D eigenvalue weighted by atomic mass is 16.5. The molecule has 2 rings (SSSR count). The van der Waals surface area contributed by atoms with Gasteiger partial charge < -0.3 is 9.30 Å². The molecule has 2 aromatic rings. The Balaban J connectivity index is 1.84. The largest absolute Gasteiger partial charge is 0.493 e. The molecule has 0 N–H and O–H groups in total. The van der Waals surface area contributed by atoms with E-state index in [9.17, 15) is 0 Å². The SMILES string of the molecule is Cc1ccc(OCCc2nccn2C)cc1. The lowest BCUT2D eigenvalue weighted by Gasteiger charge is -2.06. The molecule has 0 aliphatic rings. The van der Waals surface area contributed by atoms with Crippen LogP contribution >= 0.6 is 0 Å². The maximum atomic E-state index is 5.64. The van der Waals surface area contributed by atoms with Crippen molar-refractivity contribution >= 4 is 0 Å². The number of ether oxygens (including phenoxy) is 1. The lowest BCUT2D eigenvalue weighted by molar-refractivity contribution is 0.317. The second-order valence-corrected chi connectivity index (χ2v) is 3.87. The Kier molecular flexibility index (Phi) is 3.25. The molecular formula is C13H16N2O. The van der Waals surface area contributed by atoms with Gasteiger partial charge in [0.1, 0.15) is 11.6 Å². The van der Waals surface area contributed by atoms with Crippen molar-refractivity contribution < 1.29 is 4.74 Å². The van der Waals surface area contributed by atoms with E-state index in [2.05, 4.69) is 24.0 Å². The van der Waals surface area contributed by atoms with Crippen molar-refractivity contribution in [1.29, 1.82) is 0 Å². The summed E-state index contributed by atoms with van der Waals surface area (Å²) in [6.07, 6.45) is 4.58. The van der Waals surface area contributed by atoms with Crippen LogP contribution in [0.25, 0.3) is 0 Å². The maximum absolute atomic E-state index is 5.64. The molecule has 0 amide bonds. The highest BCUT2D eigenvalue weighted by Gasteiger charge is 1.99. The Morgan fingerprint density at radius 3 is 2.62 bits per heavy atom. The van der Waals surface area contributed by atoms with E-state index in [4.69, 9.17) is 4.74 Å². The minimum Gasteiger partial charge on any atom is -0.493 e. The topological polar surface area (TPSA) is 27.1 Å². The first kappa shape index (κ1) is 10.7. The van der Waals surface area contributed by atoms with Gasteiger partial charge in [-0.3, -0.25) is 0 Å². The fourth-order valence-electron chi connectivity index (χ4n) is 1.53. The molecule has 3 nitrogen and oxygen atoms in total. The second-order valence-electron chi connectivity index (χ2n) is 3.87. The van der Waals surface area contributed by atoms with E-state index in [-0.39, 0.29) is 0 Å². The fraction of sp³-hybridized carbons (Fsp3) is 0.308. The maximum Gasteiger partial charge on any atom is 0.119 e. The molecule has 0 atom stereocenters. The number of aromatic nitrogens is 2. The van der Waals surface area contributed by atoms with Gasteiger partial charge in [0, 0.05) is 25.9 Å². The summed E-state index contributed by atoms with van der Waals surface area (Å²) in [7, 11) is 1.99. The molecule has 0 aliphatic heterocycles. The zero-order valence-electron chi connectivity index (χ0n) is 9.68. The number of hydrogen-bond acceptors (Lipinski definition) is 2. The average molecular weight is 216 g/mol. The van der Waals surface area contributed by atoms with Crippen molar-refractivity contribution in [2.45, 2.75) is 13.3 Å². The Labute approximate surface area is 95.7 Å². The smallest absolute Gasteiger partial charge is 0.119 e. The molecular weight excluding hydrogens is 200 g/mol. The van der Waals surface area contributed by atoms with Gasteiger partial charge in [-0.25, -0.2) is 4.98 Å². The van der Waals surface area contributed by atoms with Gasteiger partial charge in [0.05, 0.1) is 6.61 Å². The zero-order chi connectivity index (χ0) is 11.4. The summed E-state index contributed by atoms with van der Waals surface area (Å²) in [6.45, 7) is 2.73. The van der Waals surface area contributed by atoms with E-state index >= 15 is 0 Å². The molecule has 0 aliphatic carbocycles. The lowest BCUT2D eigenvalue weighted by atomic mass is 10.2. The van der Waals surface area contributed by atoms with E-state index < -0.39 is 0 Å². The Hall–Kier alpha value is -1.77. The number of hydrogen-bond donors (Lipinski definition) is 0. The quantitative estimate of drug-likeness (QED) is 0.784. The molecule has 0 spiro atoms. The van der Waals surface area contributed by atoms with Crippen molar-refractivity contribution in [3.05, 3.63) is 48.0 Å². The predicted octanol–water partition coefficient (Wildman–Crippen LogP) is 2.35. The molecule has 1 aromatic heterocycles. The van der Waals surface area contributed by atoms with Crippen LogP contribution in [-0.4, -0.2) is 16.2 Å². The van der Waals surface area contributed by atoms with Crippen molar-refractivity contribution in [1.82, 2.24) is 9.55 Å². The molecule has 0 unspecified atom stereocenters. The number of nitrogens with zero attached hydrogens (tertiary/aromatic N) is 2. The van der Waals surface area contributed by atoms with Crippen LogP contribution in [0.2, 0.25) is 0 Å². The fourth-order valence-corrected chi connectivity index (χ4v) is 1.53. The summed E-state index contributed by atoms with van der Waals surface area (Å²) in [5, 5.41) is 0. The first-order valence-corrected chi connectivity index (χ1v) is 5.41. The van der Waals surface area contributed by atoms with Crippen molar-refractivity contribution in [3.63, 3.8) is 0 Å². The third kappa shape index (κ3) is 2.63. The van der Waals surface area contributed by atoms with Crippen LogP contribution in [0.15, 0.2) is 36.7 Å². The lowest BCUT2D eigenvalue weighted by Crippen LogP contribution is -2.06. The predicted molar refractivity (Wildman–Crippen MR) is 63.6 cm³/mol. The Morgan fingerprint density at radius 1 is 1.25 bits per heavy atom. The van der Waals surface area contributed by atoms with E-state index in [0.29, 0.717) is 6.61 Å². The van der Waals surface area contributed by atoms with Gasteiger partial charge in [0.25, 0.3) is 0 Å². The second kappa shape index (κ2) is 4.84. The summed E-state index contributed by atoms with van der Waals surface area (Å²) in [5.74, 6) is 1.96. The van der Waals surface area contributed by atoms with Crippen LogP contribution in [0, 0.1) is 6.92 Å². The highest BCUT2D eigenvalue weighted by molar-refractivity contribution is 5.26. The third-order valence-corrected chi connectivity index (χ3v) is 2.54. The van der Waals surface area contributed by atoms with Crippen molar-refractivity contribution in [2.24, 2.45) is 7.05 Å². The van der Waals surface area contributed by atoms with Crippen LogP contribution in [0.4, 0.5) is 0 Å². The normalized spacial score (nSPS) is 10.4. The Morgan fingerprint density at radius 2 is 2.00 bits per heavy atom. The molecule has 0 radical (unpaired) electrons. The molecule has 16 heavy (non-hydrogen) atoms. The van der Waals surface area contributed by atoms with E-state index in [1.807, 2.05) is 29.9 Å². The summed E-state index contributed by atoms with van der Waals surface area (Å²) >= 11 is 0. The minimum atomic E-state index is 0.661. The van der Waals surface area contributed by atoms with E-state index in [1.165, 1.54) is 5.56 Å². The van der Waals surface area contributed by atoms with Gasteiger partial charge >= 0.3 is 0 Å². The third-order valence-electron chi connectivity index (χ3n) is 2.54. The first-order chi connectivity index (χ1) is 7.75. The summed E-state index contributed by atoms with van der Waals surface area (Å²) < 4.78 is 7.65. The molecule has 84 valence electrons. The summed E-state index contributed by atoms with van der Waals surface area (Å²) in [5.41, 5.74) is 1.25. The van der Waals surface area contributed by atoms with Gasteiger partial charge in [-0.15, -0.1) is 0 Å². The average Bonchev–Trinajstić information content (AvgIpc) is 2.68. The number of benzene rings is 1. The first-order valence-electron chi connectivity index (χ1n) is 5.41. The number of aryl methyl sites for hydroxylation is 2. The van der Waals surface area contributed by atoms with Gasteiger partial charge in [-0.2, -0.15) is 0 Å². The molecule has 0 saturated carbocycles. The molecule has 0 fully saturated rings. The van der Waals surface area contributed by atoms with Gasteiger partial charge in [-0.05, 0) is 19.1 Å². The highest BCUT2D eigenvalue weighted by Crippen LogP contribution is 2.11. The van der Waals surface area contributed by atoms with Crippen LogP contribution < -0.4 is 4.74 Å². The number of rotatable bonds is 4. The van der Waals surface area contributed by atoms with E-state index in [1.54, 1.807) is 6.20 Å². The van der Waals surface area contributed by atoms with Crippen LogP contribution in [0.1, 0.15) is 11.4 Å². The summed E-state index contributed by atoms with van der Waals surface area (Å²) in [4.78, 5) is 4.24. The molecule has 0 saturated heterocycles. The number of imidazole rings is 1. The monoisotopic (exact) mass is 216 g/mol. The molecule has 3 heteroatoms. The van der Waals surface area contributed by atoms with Gasteiger partial charge in [0.15, 0.2) is 0 Å².